The van der Waals surface area contributed by atoms with Crippen molar-refractivity contribution in [2.75, 3.05) is 32.8 Å². The van der Waals surface area contributed by atoms with Gasteiger partial charge in [-0.15, -0.1) is 0 Å². The van der Waals surface area contributed by atoms with Gasteiger partial charge < -0.3 is 14.5 Å². The Morgan fingerprint density at radius 3 is 1.82 bits per heavy atom. The molecule has 0 radical (unpaired) electrons. The molecule has 0 aromatic heterocycles. The zero-order valence-corrected chi connectivity index (χ0v) is 18.8. The van der Waals surface area contributed by atoms with Crippen LogP contribution in [0.4, 0.5) is 0 Å². The third-order valence-electron chi connectivity index (χ3n) is 6.00. The predicted octanol–water partition coefficient (Wildman–Crippen LogP) is 4.35. The minimum Gasteiger partial charge on any atom is -0.493 e. The van der Waals surface area contributed by atoms with Crippen LogP contribution in [0.3, 0.4) is 0 Å². The summed E-state index contributed by atoms with van der Waals surface area (Å²) in [5.41, 5.74) is 1.98. The lowest BCUT2D eigenvalue weighted by atomic mass is 9.90. The van der Waals surface area contributed by atoms with Gasteiger partial charge >= 0.3 is 0 Å². The topological polar surface area (TPSA) is 49.9 Å². The average Bonchev–Trinajstić information content (AvgIpc) is 3.13. The fourth-order valence-electron chi connectivity index (χ4n) is 4.27. The second-order valence-electron chi connectivity index (χ2n) is 8.23. The van der Waals surface area contributed by atoms with E-state index in [0.29, 0.717) is 39.2 Å². The maximum Gasteiger partial charge on any atom is 0.234 e. The monoisotopic (exact) mass is 442 g/mol. The first-order chi connectivity index (χ1) is 16.2. The van der Waals surface area contributed by atoms with Gasteiger partial charge in [-0.25, -0.2) is 0 Å². The van der Waals surface area contributed by atoms with E-state index < -0.39 is 0 Å². The van der Waals surface area contributed by atoms with Crippen LogP contribution in [0.1, 0.15) is 29.9 Å². The van der Waals surface area contributed by atoms with Gasteiger partial charge in [0, 0.05) is 26.2 Å². The van der Waals surface area contributed by atoms with Crippen LogP contribution in [0.15, 0.2) is 91.0 Å². The highest BCUT2D eigenvalue weighted by molar-refractivity contribution is 5.87. The number of hydrogen-bond acceptors (Lipinski definition) is 3. The van der Waals surface area contributed by atoms with E-state index in [1.54, 1.807) is 0 Å². The fraction of sp³-hybridized carbons (Fsp3) is 0.286. The van der Waals surface area contributed by atoms with Gasteiger partial charge in [0.15, 0.2) is 0 Å². The number of para-hydroxylation sites is 1. The smallest absolute Gasteiger partial charge is 0.234 e. The second-order valence-corrected chi connectivity index (χ2v) is 8.23. The van der Waals surface area contributed by atoms with Crippen molar-refractivity contribution in [3.63, 3.8) is 0 Å². The molecule has 1 saturated heterocycles. The summed E-state index contributed by atoms with van der Waals surface area (Å²) in [6.07, 6.45) is 1.10. The molecule has 2 amide bonds. The first kappa shape index (κ1) is 22.6. The number of carbonyl (C=O) groups is 2. The van der Waals surface area contributed by atoms with Gasteiger partial charge in [-0.2, -0.15) is 0 Å². The number of amides is 2. The molecule has 1 aliphatic rings. The molecule has 4 rings (SSSR count). The van der Waals surface area contributed by atoms with Crippen molar-refractivity contribution in [1.82, 2.24) is 9.80 Å². The summed E-state index contributed by atoms with van der Waals surface area (Å²) in [6.45, 7) is 2.76. The van der Waals surface area contributed by atoms with Crippen LogP contribution < -0.4 is 4.74 Å². The SMILES string of the molecule is O=C(CCOc1ccccc1)N1CCCN(C(=O)C(c2ccccc2)c2ccccc2)CC1. The molecule has 1 fully saturated rings. The lowest BCUT2D eigenvalue weighted by Crippen LogP contribution is -2.39. The highest BCUT2D eigenvalue weighted by Crippen LogP contribution is 2.27. The highest BCUT2D eigenvalue weighted by atomic mass is 16.5. The molecule has 3 aromatic carbocycles. The standard InChI is InChI=1S/C28H30N2O3/c31-26(17-22-33-25-15-8-3-9-16-25)29-18-10-19-30(21-20-29)28(32)27(23-11-4-1-5-12-23)24-13-6-2-7-14-24/h1-9,11-16,27H,10,17-22H2. The highest BCUT2D eigenvalue weighted by Gasteiger charge is 2.29. The summed E-state index contributed by atoms with van der Waals surface area (Å²) in [5, 5.41) is 0. The van der Waals surface area contributed by atoms with E-state index >= 15 is 0 Å². The third-order valence-corrected chi connectivity index (χ3v) is 6.00. The van der Waals surface area contributed by atoms with Crippen molar-refractivity contribution < 1.29 is 14.3 Å². The quantitative estimate of drug-likeness (QED) is 0.547. The van der Waals surface area contributed by atoms with Gasteiger partial charge in [0.2, 0.25) is 11.8 Å². The van der Waals surface area contributed by atoms with Gasteiger partial charge in [0.05, 0.1) is 18.9 Å². The molecule has 1 aliphatic heterocycles. The number of benzene rings is 3. The van der Waals surface area contributed by atoms with Gasteiger partial charge in [0.25, 0.3) is 0 Å². The summed E-state index contributed by atoms with van der Waals surface area (Å²) < 4.78 is 5.68. The number of carbonyl (C=O) groups excluding carboxylic acids is 2. The second kappa shape index (κ2) is 11.3. The Bertz CT molecular complexity index is 985. The summed E-state index contributed by atoms with van der Waals surface area (Å²) in [4.78, 5) is 30.2. The lowest BCUT2D eigenvalue weighted by molar-refractivity contribution is -0.134. The number of rotatable bonds is 7. The van der Waals surface area contributed by atoms with E-state index in [0.717, 1.165) is 23.3 Å². The molecule has 0 aliphatic carbocycles. The maximum atomic E-state index is 13.7. The molecule has 0 saturated carbocycles. The Morgan fingerprint density at radius 1 is 0.697 bits per heavy atom. The van der Waals surface area contributed by atoms with E-state index in [1.165, 1.54) is 0 Å². The number of ether oxygens (including phenoxy) is 1. The third kappa shape index (κ3) is 6.01. The summed E-state index contributed by atoms with van der Waals surface area (Å²) in [6, 6.07) is 29.4. The van der Waals surface area contributed by atoms with E-state index in [4.69, 9.17) is 4.74 Å². The molecule has 0 atom stereocenters. The minimum absolute atomic E-state index is 0.0721. The molecular formula is C28H30N2O3. The van der Waals surface area contributed by atoms with Gasteiger partial charge in [-0.3, -0.25) is 9.59 Å². The van der Waals surface area contributed by atoms with E-state index in [2.05, 4.69) is 0 Å². The van der Waals surface area contributed by atoms with Crippen LogP contribution in [0.25, 0.3) is 0 Å². The first-order valence-corrected chi connectivity index (χ1v) is 11.6. The van der Waals surface area contributed by atoms with Crippen LogP contribution in [0.2, 0.25) is 0 Å². The van der Waals surface area contributed by atoms with Crippen molar-refractivity contribution in [3.8, 4) is 5.75 Å². The molecule has 3 aromatic rings. The van der Waals surface area contributed by atoms with Crippen LogP contribution in [-0.2, 0) is 9.59 Å². The van der Waals surface area contributed by atoms with Crippen LogP contribution >= 0.6 is 0 Å². The molecule has 170 valence electrons. The van der Waals surface area contributed by atoms with E-state index in [9.17, 15) is 9.59 Å². The van der Waals surface area contributed by atoms with Crippen LogP contribution in [0.5, 0.6) is 5.75 Å². The zero-order valence-electron chi connectivity index (χ0n) is 18.8. The van der Waals surface area contributed by atoms with Gasteiger partial charge in [-0.1, -0.05) is 78.9 Å². The Morgan fingerprint density at radius 2 is 1.21 bits per heavy atom. The molecular weight excluding hydrogens is 412 g/mol. The van der Waals surface area contributed by atoms with Crippen molar-refractivity contribution in [2.24, 2.45) is 0 Å². The zero-order chi connectivity index (χ0) is 22.9. The molecule has 0 N–H and O–H groups in total. The summed E-state index contributed by atoms with van der Waals surface area (Å²) >= 11 is 0. The fourth-order valence-corrected chi connectivity index (χ4v) is 4.27. The summed E-state index contributed by atoms with van der Waals surface area (Å²) in [7, 11) is 0. The molecule has 0 bridgehead atoms. The average molecular weight is 443 g/mol. The Kier molecular flexibility index (Phi) is 7.75. The van der Waals surface area contributed by atoms with Crippen molar-refractivity contribution in [1.29, 1.82) is 0 Å². The Hall–Kier alpha value is -3.60. The molecule has 5 heteroatoms. The van der Waals surface area contributed by atoms with E-state index in [1.807, 2.05) is 101 Å². The van der Waals surface area contributed by atoms with Crippen molar-refractivity contribution >= 4 is 11.8 Å². The minimum atomic E-state index is -0.339. The maximum absolute atomic E-state index is 13.7. The lowest BCUT2D eigenvalue weighted by Gasteiger charge is -2.27. The Labute approximate surface area is 195 Å². The molecule has 33 heavy (non-hydrogen) atoms. The first-order valence-electron chi connectivity index (χ1n) is 11.6. The Balaban J connectivity index is 1.37. The van der Waals surface area contributed by atoms with Crippen LogP contribution in [0, 0.1) is 0 Å². The predicted molar refractivity (Wildman–Crippen MR) is 129 cm³/mol. The molecule has 0 spiro atoms. The molecule has 1 heterocycles. The van der Waals surface area contributed by atoms with Gasteiger partial charge in [0.1, 0.15) is 5.75 Å². The largest absolute Gasteiger partial charge is 0.493 e. The normalized spacial score (nSPS) is 14.1. The van der Waals surface area contributed by atoms with E-state index in [-0.39, 0.29) is 17.7 Å². The van der Waals surface area contributed by atoms with Crippen molar-refractivity contribution in [3.05, 3.63) is 102 Å². The molecule has 5 nitrogen and oxygen atoms in total. The number of hydrogen-bond donors (Lipinski definition) is 0. The van der Waals surface area contributed by atoms with Crippen molar-refractivity contribution in [2.45, 2.75) is 18.8 Å². The van der Waals surface area contributed by atoms with Gasteiger partial charge in [-0.05, 0) is 29.7 Å². The number of nitrogens with zero attached hydrogens (tertiary/aromatic N) is 2. The van der Waals surface area contributed by atoms with Crippen LogP contribution in [-0.4, -0.2) is 54.4 Å². The molecule has 0 unspecified atom stereocenters. The summed E-state index contributed by atoms with van der Waals surface area (Å²) in [5.74, 6) is 0.594.